The highest BCUT2D eigenvalue weighted by Gasteiger charge is 2.13. The second-order valence-corrected chi connectivity index (χ2v) is 7.86. The van der Waals surface area contributed by atoms with E-state index in [1.165, 1.54) is 5.56 Å². The highest BCUT2D eigenvalue weighted by molar-refractivity contribution is 5.80. The van der Waals surface area contributed by atoms with Gasteiger partial charge in [0.25, 0.3) is 0 Å². The van der Waals surface area contributed by atoms with Gasteiger partial charge in [-0.05, 0) is 33.5 Å². The van der Waals surface area contributed by atoms with E-state index < -0.39 is 0 Å². The average Bonchev–Trinajstić information content (AvgIpc) is 3.54. The molecule has 5 aromatic rings. The maximum absolute atomic E-state index is 4.86. The van der Waals surface area contributed by atoms with Gasteiger partial charge in [-0.2, -0.15) is 0 Å². The molecule has 5 rings (SSSR count). The van der Waals surface area contributed by atoms with E-state index in [4.69, 9.17) is 4.98 Å². The van der Waals surface area contributed by atoms with Gasteiger partial charge < -0.3 is 4.57 Å². The number of tetrazole rings is 1. The third-order valence-corrected chi connectivity index (χ3v) is 5.58. The van der Waals surface area contributed by atoms with Crippen LogP contribution < -0.4 is 0 Å². The largest absolute Gasteiger partial charge is 0.330 e. The molecule has 0 aliphatic rings. The van der Waals surface area contributed by atoms with Crippen molar-refractivity contribution in [3.63, 3.8) is 0 Å². The van der Waals surface area contributed by atoms with Crippen molar-refractivity contribution in [3.05, 3.63) is 84.7 Å². The van der Waals surface area contributed by atoms with Crippen molar-refractivity contribution in [1.82, 2.24) is 40.1 Å². The molecule has 0 bridgehead atoms. The summed E-state index contributed by atoms with van der Waals surface area (Å²) in [7, 11) is 0. The Kier molecular flexibility index (Phi) is 5.97. The van der Waals surface area contributed by atoms with Crippen LogP contribution in [0.3, 0.4) is 0 Å². The van der Waals surface area contributed by atoms with Gasteiger partial charge in [0, 0.05) is 37.1 Å². The molecule has 0 aliphatic carbocycles. The van der Waals surface area contributed by atoms with Gasteiger partial charge in [-0.15, -0.1) is 5.10 Å². The topological polar surface area (TPSA) is 98.1 Å². The summed E-state index contributed by atoms with van der Waals surface area (Å²) < 4.78 is 2.23. The number of hydrogen-bond acceptors (Lipinski definition) is 6. The fourth-order valence-corrected chi connectivity index (χ4v) is 3.88. The summed E-state index contributed by atoms with van der Waals surface area (Å²) in [6, 6.07) is 16.7. The van der Waals surface area contributed by atoms with Gasteiger partial charge >= 0.3 is 0 Å². The van der Waals surface area contributed by atoms with Crippen LogP contribution in [0.15, 0.2) is 73.3 Å². The minimum Gasteiger partial charge on any atom is -0.330 e. The highest BCUT2D eigenvalue weighted by atomic mass is 15.5. The molecule has 164 valence electrons. The minimum atomic E-state index is 0.658. The Morgan fingerprint density at radius 3 is 2.52 bits per heavy atom. The molecule has 0 radical (unpaired) electrons. The second-order valence-electron chi connectivity index (χ2n) is 7.86. The van der Waals surface area contributed by atoms with Crippen LogP contribution in [-0.2, 0) is 13.0 Å². The van der Waals surface area contributed by atoms with Gasteiger partial charge in [0.2, 0.25) is 0 Å². The average molecular weight is 437 g/mol. The molecule has 8 heteroatoms. The number of imidazole rings is 1. The smallest absolute Gasteiger partial charge is 0.180 e. The summed E-state index contributed by atoms with van der Waals surface area (Å²) in [6.07, 6.45) is 10.4. The molecule has 1 N–H and O–H groups in total. The second kappa shape index (κ2) is 9.52. The molecule has 0 saturated heterocycles. The molecule has 0 amide bonds. The Morgan fingerprint density at radius 1 is 0.939 bits per heavy atom. The lowest BCUT2D eigenvalue weighted by molar-refractivity contribution is 0.678. The van der Waals surface area contributed by atoms with E-state index in [0.29, 0.717) is 5.82 Å². The molecule has 0 spiro atoms. The van der Waals surface area contributed by atoms with Gasteiger partial charge in [-0.25, -0.2) is 10.1 Å². The predicted octanol–water partition coefficient (Wildman–Crippen LogP) is 4.58. The summed E-state index contributed by atoms with van der Waals surface area (Å²) in [6.45, 7) is 2.95. The molecule has 33 heavy (non-hydrogen) atoms. The normalized spacial score (nSPS) is 11.1. The summed E-state index contributed by atoms with van der Waals surface area (Å²) in [5, 5.41) is 14.3. The van der Waals surface area contributed by atoms with Gasteiger partial charge in [0.05, 0.1) is 6.20 Å². The van der Waals surface area contributed by atoms with E-state index in [1.807, 2.05) is 18.2 Å². The van der Waals surface area contributed by atoms with Crippen molar-refractivity contribution in [2.45, 2.75) is 32.7 Å². The first kappa shape index (κ1) is 20.7. The number of H-pyrrole nitrogens is 1. The first-order valence-corrected chi connectivity index (χ1v) is 11.1. The zero-order chi connectivity index (χ0) is 22.5. The molecule has 8 nitrogen and oxygen atoms in total. The Labute approximate surface area is 191 Å². The molecule has 0 fully saturated rings. The molecule has 0 aliphatic heterocycles. The van der Waals surface area contributed by atoms with Crippen molar-refractivity contribution in [1.29, 1.82) is 0 Å². The Morgan fingerprint density at radius 2 is 1.79 bits per heavy atom. The fourth-order valence-electron chi connectivity index (χ4n) is 3.88. The number of benzene rings is 2. The van der Waals surface area contributed by atoms with Crippen LogP contribution in [0.1, 0.15) is 31.2 Å². The quantitative estimate of drug-likeness (QED) is 0.382. The number of hydrogen-bond donors (Lipinski definition) is 1. The lowest BCUT2D eigenvalue weighted by atomic mass is 9.98. The summed E-state index contributed by atoms with van der Waals surface area (Å²) in [4.78, 5) is 13.5. The molecule has 3 aromatic heterocycles. The molecule has 3 heterocycles. The molecular weight excluding hydrogens is 412 g/mol. The summed E-state index contributed by atoms with van der Waals surface area (Å²) in [5.41, 5.74) is 6.03. The zero-order valence-corrected chi connectivity index (χ0v) is 18.4. The van der Waals surface area contributed by atoms with Crippen LogP contribution in [0.2, 0.25) is 0 Å². The third kappa shape index (κ3) is 4.55. The van der Waals surface area contributed by atoms with Gasteiger partial charge in [-0.1, -0.05) is 61.9 Å². The van der Waals surface area contributed by atoms with Gasteiger partial charge in [0.1, 0.15) is 17.2 Å². The molecular formula is C25H24N8. The van der Waals surface area contributed by atoms with Crippen molar-refractivity contribution in [3.8, 4) is 33.9 Å². The van der Waals surface area contributed by atoms with Crippen LogP contribution in [-0.4, -0.2) is 40.1 Å². The number of nitrogens with zero attached hydrogens (tertiary/aromatic N) is 7. The number of aromatic nitrogens is 8. The van der Waals surface area contributed by atoms with E-state index in [0.717, 1.165) is 59.7 Å². The summed E-state index contributed by atoms with van der Waals surface area (Å²) >= 11 is 0. The van der Waals surface area contributed by atoms with Gasteiger partial charge in [-0.3, -0.25) is 9.97 Å². The highest BCUT2D eigenvalue weighted by Crippen LogP contribution is 2.30. The van der Waals surface area contributed by atoms with Crippen LogP contribution >= 0.6 is 0 Å². The van der Waals surface area contributed by atoms with Gasteiger partial charge in [0.15, 0.2) is 5.82 Å². The lowest BCUT2D eigenvalue weighted by Crippen LogP contribution is -2.04. The Bertz CT molecular complexity index is 1310. The lowest BCUT2D eigenvalue weighted by Gasteiger charge is -2.10. The van der Waals surface area contributed by atoms with Crippen LogP contribution in [0.25, 0.3) is 33.9 Å². The summed E-state index contributed by atoms with van der Waals surface area (Å²) in [5.74, 6) is 1.73. The Balaban J connectivity index is 1.42. The van der Waals surface area contributed by atoms with E-state index in [2.05, 4.69) is 78.6 Å². The SMILES string of the molecule is CCCCc1nc(-c2cnccn2)cn1Cc1ccc(-c2ccccc2-c2nnn[nH]2)cc1. The van der Waals surface area contributed by atoms with Crippen molar-refractivity contribution in [2.75, 3.05) is 0 Å². The zero-order valence-electron chi connectivity index (χ0n) is 18.4. The fraction of sp³-hybridized carbons (Fsp3) is 0.200. The van der Waals surface area contributed by atoms with Crippen LogP contribution in [0.5, 0.6) is 0 Å². The number of unbranched alkanes of at least 4 members (excludes halogenated alkanes) is 1. The van der Waals surface area contributed by atoms with E-state index in [9.17, 15) is 0 Å². The van der Waals surface area contributed by atoms with E-state index in [1.54, 1.807) is 18.6 Å². The minimum absolute atomic E-state index is 0.658. The number of rotatable bonds is 8. The first-order valence-electron chi connectivity index (χ1n) is 11.1. The van der Waals surface area contributed by atoms with E-state index >= 15 is 0 Å². The standard InChI is InChI=1S/C25H24N8/c1-2-3-8-24-28-23(22-15-26-13-14-27-22)17-33(24)16-18-9-11-19(12-10-18)20-6-4-5-7-21(20)25-29-31-32-30-25/h4-7,9-15,17H,2-3,8,16H2,1H3,(H,29,30,31,32). The number of nitrogens with one attached hydrogen (secondary N) is 1. The third-order valence-electron chi connectivity index (χ3n) is 5.58. The van der Waals surface area contributed by atoms with Crippen LogP contribution in [0.4, 0.5) is 0 Å². The van der Waals surface area contributed by atoms with E-state index in [-0.39, 0.29) is 0 Å². The number of aromatic amines is 1. The molecule has 0 saturated carbocycles. The molecule has 0 unspecified atom stereocenters. The van der Waals surface area contributed by atoms with Crippen molar-refractivity contribution >= 4 is 0 Å². The van der Waals surface area contributed by atoms with Crippen LogP contribution in [0, 0.1) is 0 Å². The molecule has 2 aromatic carbocycles. The Hall–Kier alpha value is -4.20. The monoisotopic (exact) mass is 436 g/mol. The maximum atomic E-state index is 4.86. The number of aryl methyl sites for hydroxylation is 1. The van der Waals surface area contributed by atoms with Crippen molar-refractivity contribution < 1.29 is 0 Å². The first-order chi connectivity index (χ1) is 16.3. The molecule has 0 atom stereocenters. The predicted molar refractivity (Wildman–Crippen MR) is 126 cm³/mol. The van der Waals surface area contributed by atoms with Crippen molar-refractivity contribution in [2.24, 2.45) is 0 Å². The maximum Gasteiger partial charge on any atom is 0.180 e.